The van der Waals surface area contributed by atoms with Crippen LogP contribution in [0.1, 0.15) is 65.7 Å². The van der Waals surface area contributed by atoms with Gasteiger partial charge in [-0.2, -0.15) is 0 Å². The summed E-state index contributed by atoms with van der Waals surface area (Å²) in [5, 5.41) is 0. The first kappa shape index (κ1) is 44.5. The van der Waals surface area contributed by atoms with Crippen LogP contribution in [0.15, 0.2) is 182 Å². The van der Waals surface area contributed by atoms with E-state index in [4.69, 9.17) is 19.4 Å². The summed E-state index contributed by atoms with van der Waals surface area (Å²) in [4.78, 5) is 43.0. The van der Waals surface area contributed by atoms with Crippen LogP contribution in [-0.2, 0) is 9.47 Å². The van der Waals surface area contributed by atoms with Crippen LogP contribution in [0, 0.1) is 23.7 Å². The van der Waals surface area contributed by atoms with E-state index in [0.29, 0.717) is 5.56 Å². The smallest absolute Gasteiger partial charge is 0.337 e. The lowest BCUT2D eigenvalue weighted by Crippen LogP contribution is -2.07. The molecule has 0 saturated carbocycles. The van der Waals surface area contributed by atoms with Crippen molar-refractivity contribution >= 4 is 58.3 Å². The van der Waals surface area contributed by atoms with Crippen LogP contribution in [-0.4, -0.2) is 46.1 Å². The Labute approximate surface area is 416 Å². The molecule has 8 heteroatoms. The summed E-state index contributed by atoms with van der Waals surface area (Å²) in [5.41, 5.74) is 18.4. The Hall–Kier alpha value is -10.0. The second-order valence-corrected chi connectivity index (χ2v) is 17.0. The zero-order valence-corrected chi connectivity index (χ0v) is 39.2. The molecule has 0 saturated heterocycles. The Morgan fingerprint density at radius 1 is 0.361 bits per heavy atom. The maximum atomic E-state index is 12.3. The summed E-state index contributed by atoms with van der Waals surface area (Å²) in [5.74, 6) is 11.6. The molecule has 5 heterocycles. The van der Waals surface area contributed by atoms with Crippen molar-refractivity contribution in [2.45, 2.75) is 0 Å². The number of hydrogen-bond acceptors (Lipinski definition) is 6. The van der Waals surface area contributed by atoms with Gasteiger partial charge in [-0.1, -0.05) is 127 Å². The van der Waals surface area contributed by atoms with Crippen molar-refractivity contribution in [3.8, 4) is 68.2 Å². The van der Waals surface area contributed by atoms with Gasteiger partial charge in [-0.05, 0) is 125 Å². The first-order valence-corrected chi connectivity index (χ1v) is 23.3. The summed E-state index contributed by atoms with van der Waals surface area (Å²) in [6.45, 7) is 0. The van der Waals surface area contributed by atoms with Crippen LogP contribution < -0.4 is 0 Å². The van der Waals surface area contributed by atoms with E-state index in [0.717, 1.165) is 106 Å². The van der Waals surface area contributed by atoms with Crippen molar-refractivity contribution in [2.24, 2.45) is 0 Å². The molecule has 2 N–H and O–H groups in total. The minimum Gasteiger partial charge on any atom is -0.465 e. The molecular formula is C64H42N4O4. The summed E-state index contributed by atoms with van der Waals surface area (Å²) in [7, 11) is 2.57. The number of aromatic nitrogens is 4. The number of H-pyrrole nitrogens is 2. The van der Waals surface area contributed by atoms with Gasteiger partial charge in [0.2, 0.25) is 0 Å². The normalized spacial score (nSPS) is 11.2. The zero-order chi connectivity index (χ0) is 49.0. The molecular weight excluding hydrogens is 889 g/mol. The fourth-order valence-electron chi connectivity index (χ4n) is 9.05. The van der Waals surface area contributed by atoms with Crippen molar-refractivity contribution in [1.29, 1.82) is 0 Å². The molecule has 0 amide bonds. The molecule has 9 aromatic rings. The number of hydrogen-bond donors (Lipinski definition) is 2. The third-order valence-corrected chi connectivity index (χ3v) is 12.5. The summed E-state index contributed by atoms with van der Waals surface area (Å²) < 4.78 is 9.72. The highest BCUT2D eigenvalue weighted by Gasteiger charge is 2.19. The quantitative estimate of drug-likeness (QED) is 0.127. The number of rotatable bonds is 6. The summed E-state index contributed by atoms with van der Waals surface area (Å²) >= 11 is 0. The molecule has 342 valence electrons. The topological polar surface area (TPSA) is 110 Å². The molecule has 0 atom stereocenters. The standard InChI is InChI=1S/C64H42N4O4/c1-71-63(69)49-38-44(39-50(40-49)64(70)72-2)25-24-42-20-18-41(19-21-42)22-23-43-26-28-48(29-27-43)62-57-36-34-55(67-57)60(46-14-8-4-9-15-46)53-32-30-51(65-53)59(45-12-6-3-7-13-45)52-31-33-54(66-52)61(47-16-10-5-11-17-47)56-35-37-58(62)68-56/h3-21,26-40,65,68H,1-2H3. The highest BCUT2D eigenvalue weighted by atomic mass is 16.5. The molecule has 0 spiro atoms. The molecule has 6 aromatic carbocycles. The molecule has 0 fully saturated rings. The molecule has 0 radical (unpaired) electrons. The Kier molecular flexibility index (Phi) is 12.1. The molecule has 72 heavy (non-hydrogen) atoms. The van der Waals surface area contributed by atoms with Gasteiger partial charge in [0, 0.05) is 66.6 Å². The first-order valence-electron chi connectivity index (χ1n) is 23.3. The van der Waals surface area contributed by atoms with Gasteiger partial charge in [0.15, 0.2) is 0 Å². The number of nitrogens with zero attached hydrogens (tertiary/aromatic N) is 2. The minimum atomic E-state index is -0.574. The van der Waals surface area contributed by atoms with E-state index in [1.165, 1.54) is 20.3 Å². The van der Waals surface area contributed by atoms with E-state index in [-0.39, 0.29) is 11.1 Å². The Bertz CT molecular complexity index is 3890. The summed E-state index contributed by atoms with van der Waals surface area (Å²) in [6.07, 6.45) is 8.44. The number of aromatic amines is 2. The number of benzene rings is 6. The largest absolute Gasteiger partial charge is 0.465 e. The molecule has 0 aliphatic carbocycles. The van der Waals surface area contributed by atoms with Crippen LogP contribution in [0.5, 0.6) is 0 Å². The predicted molar refractivity (Wildman–Crippen MR) is 288 cm³/mol. The number of ether oxygens (including phenoxy) is 2. The molecule has 11 rings (SSSR count). The van der Waals surface area contributed by atoms with Gasteiger partial charge < -0.3 is 19.4 Å². The highest BCUT2D eigenvalue weighted by Crippen LogP contribution is 2.38. The minimum absolute atomic E-state index is 0.208. The van der Waals surface area contributed by atoms with Crippen molar-refractivity contribution in [2.75, 3.05) is 14.2 Å². The summed E-state index contributed by atoms with van der Waals surface area (Å²) in [6, 6.07) is 60.2. The molecule has 8 bridgehead atoms. The van der Waals surface area contributed by atoms with E-state index >= 15 is 0 Å². The van der Waals surface area contributed by atoms with Gasteiger partial charge in [0.1, 0.15) is 0 Å². The van der Waals surface area contributed by atoms with Crippen LogP contribution in [0.25, 0.3) is 90.9 Å². The Balaban J connectivity index is 1.02. The van der Waals surface area contributed by atoms with Crippen molar-refractivity contribution < 1.29 is 19.1 Å². The Morgan fingerprint density at radius 2 is 0.653 bits per heavy atom. The van der Waals surface area contributed by atoms with Gasteiger partial charge in [-0.3, -0.25) is 0 Å². The fraction of sp³-hybridized carbons (Fsp3) is 0.0312. The van der Waals surface area contributed by atoms with Gasteiger partial charge in [0.05, 0.1) is 48.1 Å². The van der Waals surface area contributed by atoms with Crippen molar-refractivity contribution in [3.63, 3.8) is 0 Å². The van der Waals surface area contributed by atoms with Crippen LogP contribution >= 0.6 is 0 Å². The maximum absolute atomic E-state index is 12.3. The average molecular weight is 931 g/mol. The average Bonchev–Trinajstić information content (AvgIpc) is 4.30. The third-order valence-electron chi connectivity index (χ3n) is 12.5. The number of carbonyl (C=O) groups excluding carboxylic acids is 2. The number of methoxy groups -OCH3 is 2. The van der Waals surface area contributed by atoms with Crippen LogP contribution in [0.3, 0.4) is 0 Å². The number of nitrogens with one attached hydrogen (secondary N) is 2. The molecule has 2 aliphatic rings. The van der Waals surface area contributed by atoms with Gasteiger partial charge in [0.25, 0.3) is 0 Å². The molecule has 0 unspecified atom stereocenters. The number of esters is 2. The lowest BCUT2D eigenvalue weighted by molar-refractivity contribution is 0.0599. The monoisotopic (exact) mass is 930 g/mol. The van der Waals surface area contributed by atoms with E-state index in [9.17, 15) is 9.59 Å². The number of carbonyl (C=O) groups is 2. The van der Waals surface area contributed by atoms with E-state index in [2.05, 4.69) is 167 Å². The second-order valence-electron chi connectivity index (χ2n) is 17.0. The first-order chi connectivity index (χ1) is 35.4. The van der Waals surface area contributed by atoms with E-state index < -0.39 is 11.9 Å². The van der Waals surface area contributed by atoms with Crippen LogP contribution in [0.2, 0.25) is 0 Å². The fourth-order valence-corrected chi connectivity index (χ4v) is 9.05. The zero-order valence-electron chi connectivity index (χ0n) is 39.2. The Morgan fingerprint density at radius 3 is 0.972 bits per heavy atom. The van der Waals surface area contributed by atoms with Gasteiger partial charge >= 0.3 is 11.9 Å². The van der Waals surface area contributed by atoms with Crippen LogP contribution in [0.4, 0.5) is 0 Å². The molecule has 2 aliphatic heterocycles. The van der Waals surface area contributed by atoms with Crippen molar-refractivity contribution in [1.82, 2.24) is 19.9 Å². The van der Waals surface area contributed by atoms with E-state index in [1.54, 1.807) is 12.1 Å². The van der Waals surface area contributed by atoms with E-state index in [1.807, 2.05) is 54.6 Å². The van der Waals surface area contributed by atoms with Gasteiger partial charge in [-0.15, -0.1) is 0 Å². The maximum Gasteiger partial charge on any atom is 0.337 e. The highest BCUT2D eigenvalue weighted by molar-refractivity contribution is 6.00. The SMILES string of the molecule is COC(=O)c1cc(C#Cc2ccc(C#Cc3ccc(-c4c5nc(c(-c6ccccc6)c6ccc([nH]6)c(-c6ccccc6)c6nc(c(-c7ccccc7)c7ccc4[nH]7)C=C6)C=C5)cc3)cc2)cc(C(=O)OC)c1. The second kappa shape index (κ2) is 19.5. The third kappa shape index (κ3) is 9.03. The van der Waals surface area contributed by atoms with Crippen molar-refractivity contribution in [3.05, 3.63) is 238 Å². The van der Waals surface area contributed by atoms with Gasteiger partial charge in [-0.25, -0.2) is 19.6 Å². The lowest BCUT2D eigenvalue weighted by Gasteiger charge is -2.07. The molecule has 8 nitrogen and oxygen atoms in total. The lowest BCUT2D eigenvalue weighted by atomic mass is 10.0. The predicted octanol–water partition coefficient (Wildman–Crippen LogP) is 13.7. The number of fused-ring (bicyclic) bond motifs is 8. The molecule has 3 aromatic heterocycles.